The molecule has 3 atom stereocenters. The van der Waals surface area contributed by atoms with Gasteiger partial charge in [0.2, 0.25) is 5.91 Å². The van der Waals surface area contributed by atoms with E-state index in [0.717, 1.165) is 38.6 Å². The minimum Gasteiger partial charge on any atom is -0.345 e. The first-order valence-electron chi connectivity index (χ1n) is 10.2. The van der Waals surface area contributed by atoms with Gasteiger partial charge in [-0.25, -0.2) is 0 Å². The van der Waals surface area contributed by atoms with Crippen molar-refractivity contribution in [2.45, 2.75) is 71.1 Å². The molecule has 3 unspecified atom stereocenters. The topological polar surface area (TPSA) is 61.4 Å². The molecule has 2 rings (SSSR count). The fraction of sp³-hybridized carbons (Fsp3) is 0.636. The van der Waals surface area contributed by atoms with E-state index in [0.29, 0.717) is 6.04 Å². The van der Waals surface area contributed by atoms with Crippen molar-refractivity contribution in [3.8, 4) is 0 Å². The normalized spacial score (nSPS) is 20.0. The van der Waals surface area contributed by atoms with E-state index >= 15 is 0 Å². The first kappa shape index (κ1) is 21.6. The minimum atomic E-state index is -0.408. The van der Waals surface area contributed by atoms with Crippen LogP contribution in [0.15, 0.2) is 30.3 Å². The van der Waals surface area contributed by atoms with Crippen LogP contribution in [0.4, 0.5) is 0 Å². The second kappa shape index (κ2) is 10.6. The molecular formula is C22H35N3O2. The van der Waals surface area contributed by atoms with E-state index in [4.69, 9.17) is 0 Å². The number of carbonyl (C=O) groups is 2. The van der Waals surface area contributed by atoms with Gasteiger partial charge in [-0.15, -0.1) is 0 Å². The lowest BCUT2D eigenvalue weighted by molar-refractivity contribution is -0.128. The monoisotopic (exact) mass is 373 g/mol. The molecule has 0 aromatic heterocycles. The molecule has 0 radical (unpaired) electrons. The van der Waals surface area contributed by atoms with Crippen molar-refractivity contribution < 1.29 is 9.59 Å². The molecule has 27 heavy (non-hydrogen) atoms. The smallest absolute Gasteiger partial charge is 0.237 e. The van der Waals surface area contributed by atoms with Crippen molar-refractivity contribution in [3.63, 3.8) is 0 Å². The average molecular weight is 374 g/mol. The van der Waals surface area contributed by atoms with E-state index in [-0.39, 0.29) is 23.9 Å². The molecule has 5 nitrogen and oxygen atoms in total. The number of carbonyl (C=O) groups excluding carboxylic acids is 2. The zero-order valence-electron chi connectivity index (χ0n) is 17.2. The maximum Gasteiger partial charge on any atom is 0.237 e. The summed E-state index contributed by atoms with van der Waals surface area (Å²) in [6, 6.07) is 10.6. The summed E-state index contributed by atoms with van der Waals surface area (Å²) in [4.78, 5) is 26.3. The number of hydrogen-bond acceptors (Lipinski definition) is 4. The van der Waals surface area contributed by atoms with Crippen molar-refractivity contribution in [1.29, 1.82) is 0 Å². The number of aldehydes is 1. The number of rotatable bonds is 10. The molecule has 0 bridgehead atoms. The number of nitrogens with zero attached hydrogens (tertiary/aromatic N) is 1. The van der Waals surface area contributed by atoms with Gasteiger partial charge in [-0.05, 0) is 37.3 Å². The second-order valence-corrected chi connectivity index (χ2v) is 8.28. The van der Waals surface area contributed by atoms with Crippen molar-refractivity contribution in [2.75, 3.05) is 13.1 Å². The Balaban J connectivity index is 2.02. The van der Waals surface area contributed by atoms with Gasteiger partial charge < -0.3 is 15.4 Å². The van der Waals surface area contributed by atoms with Crippen LogP contribution < -0.4 is 10.6 Å². The number of nitrogens with one attached hydrogen (secondary N) is 2. The Hall–Kier alpha value is -1.72. The summed E-state index contributed by atoms with van der Waals surface area (Å²) in [6.07, 6.45) is 3.66. The Bertz CT molecular complexity index is 588. The van der Waals surface area contributed by atoms with Crippen LogP contribution in [0, 0.1) is 5.92 Å². The predicted octanol–water partition coefficient (Wildman–Crippen LogP) is 2.40. The molecule has 1 aromatic carbocycles. The molecule has 0 saturated carbocycles. The SMILES string of the molecule is CC(C)NC(Cc1ccccc1)CN1CCCC1C(=O)NC(C=O)C(C)C. The third kappa shape index (κ3) is 6.74. The summed E-state index contributed by atoms with van der Waals surface area (Å²) < 4.78 is 0. The number of likely N-dealkylation sites (tertiary alicyclic amines) is 1. The fourth-order valence-corrected chi connectivity index (χ4v) is 3.79. The number of benzene rings is 1. The molecule has 0 spiro atoms. The minimum absolute atomic E-state index is 0.0127. The third-order valence-corrected chi connectivity index (χ3v) is 5.19. The summed E-state index contributed by atoms with van der Waals surface area (Å²) in [5.74, 6) is 0.0936. The quantitative estimate of drug-likeness (QED) is 0.618. The maximum atomic E-state index is 12.8. The Morgan fingerprint density at radius 3 is 2.52 bits per heavy atom. The van der Waals surface area contributed by atoms with Crippen molar-refractivity contribution in [2.24, 2.45) is 5.92 Å². The van der Waals surface area contributed by atoms with Crippen LogP contribution in [0.3, 0.4) is 0 Å². The summed E-state index contributed by atoms with van der Waals surface area (Å²) in [6.45, 7) is 9.98. The lowest BCUT2D eigenvalue weighted by Gasteiger charge is -2.31. The predicted molar refractivity (Wildman–Crippen MR) is 110 cm³/mol. The molecule has 2 N–H and O–H groups in total. The zero-order chi connectivity index (χ0) is 19.8. The molecule has 1 saturated heterocycles. The second-order valence-electron chi connectivity index (χ2n) is 8.28. The van der Waals surface area contributed by atoms with Crippen molar-refractivity contribution in [3.05, 3.63) is 35.9 Å². The molecule has 1 amide bonds. The lowest BCUT2D eigenvalue weighted by Crippen LogP contribution is -2.52. The van der Waals surface area contributed by atoms with E-state index in [1.54, 1.807) is 0 Å². The zero-order valence-corrected chi connectivity index (χ0v) is 17.2. The lowest BCUT2D eigenvalue weighted by atomic mass is 10.0. The van der Waals surface area contributed by atoms with Gasteiger partial charge in [0.1, 0.15) is 6.29 Å². The van der Waals surface area contributed by atoms with Crippen LogP contribution in [0.1, 0.15) is 46.1 Å². The van der Waals surface area contributed by atoms with Gasteiger partial charge in [-0.1, -0.05) is 58.0 Å². The standard InChI is InChI=1S/C22H35N3O2/c1-16(2)20(15-26)24-22(27)21-11-8-12-25(21)14-19(23-17(3)4)13-18-9-6-5-7-10-18/h5-7,9-10,15-17,19-21,23H,8,11-14H2,1-4H3,(H,24,27). The van der Waals surface area contributed by atoms with Crippen LogP contribution in [0.25, 0.3) is 0 Å². The Morgan fingerprint density at radius 2 is 1.93 bits per heavy atom. The van der Waals surface area contributed by atoms with Crippen molar-refractivity contribution >= 4 is 12.2 Å². The average Bonchev–Trinajstić information content (AvgIpc) is 3.07. The number of amides is 1. The highest BCUT2D eigenvalue weighted by molar-refractivity contribution is 5.84. The van der Waals surface area contributed by atoms with Crippen LogP contribution in [-0.4, -0.2) is 54.4 Å². The van der Waals surface area contributed by atoms with Crippen LogP contribution in [0.5, 0.6) is 0 Å². The molecular weight excluding hydrogens is 338 g/mol. The molecule has 1 fully saturated rings. The Morgan fingerprint density at radius 1 is 1.22 bits per heavy atom. The molecule has 150 valence electrons. The summed E-state index contributed by atoms with van der Waals surface area (Å²) in [5, 5.41) is 6.59. The van der Waals surface area contributed by atoms with E-state index in [2.05, 4.69) is 53.6 Å². The van der Waals surface area contributed by atoms with Gasteiger partial charge in [0.05, 0.1) is 12.1 Å². The van der Waals surface area contributed by atoms with Crippen LogP contribution in [-0.2, 0) is 16.0 Å². The van der Waals surface area contributed by atoms with Crippen LogP contribution in [0.2, 0.25) is 0 Å². The van der Waals surface area contributed by atoms with E-state index in [1.807, 2.05) is 19.9 Å². The molecule has 1 aliphatic rings. The summed E-state index contributed by atoms with van der Waals surface area (Å²) in [5.41, 5.74) is 1.30. The first-order chi connectivity index (χ1) is 12.9. The van der Waals surface area contributed by atoms with Gasteiger partial charge in [0.15, 0.2) is 0 Å². The van der Waals surface area contributed by atoms with E-state index < -0.39 is 6.04 Å². The molecule has 5 heteroatoms. The van der Waals surface area contributed by atoms with Gasteiger partial charge >= 0.3 is 0 Å². The highest BCUT2D eigenvalue weighted by Gasteiger charge is 2.33. The van der Waals surface area contributed by atoms with Gasteiger partial charge in [-0.2, -0.15) is 0 Å². The van der Waals surface area contributed by atoms with Gasteiger partial charge in [-0.3, -0.25) is 9.69 Å². The summed E-state index contributed by atoms with van der Waals surface area (Å²) >= 11 is 0. The summed E-state index contributed by atoms with van der Waals surface area (Å²) in [7, 11) is 0. The largest absolute Gasteiger partial charge is 0.345 e. The highest BCUT2D eigenvalue weighted by Crippen LogP contribution is 2.19. The van der Waals surface area contributed by atoms with Crippen molar-refractivity contribution in [1.82, 2.24) is 15.5 Å². The fourth-order valence-electron chi connectivity index (χ4n) is 3.79. The molecule has 1 aromatic rings. The number of hydrogen-bond donors (Lipinski definition) is 2. The Kier molecular flexibility index (Phi) is 8.45. The van der Waals surface area contributed by atoms with Gasteiger partial charge in [0, 0.05) is 18.6 Å². The van der Waals surface area contributed by atoms with E-state index in [1.165, 1.54) is 5.56 Å². The van der Waals surface area contributed by atoms with Gasteiger partial charge in [0.25, 0.3) is 0 Å². The van der Waals surface area contributed by atoms with E-state index in [9.17, 15) is 9.59 Å². The Labute approximate surface area is 163 Å². The molecule has 0 aliphatic carbocycles. The van der Waals surface area contributed by atoms with Crippen LogP contribution >= 0.6 is 0 Å². The molecule has 1 heterocycles. The third-order valence-electron chi connectivity index (χ3n) is 5.19. The maximum absolute atomic E-state index is 12.8. The first-order valence-corrected chi connectivity index (χ1v) is 10.2. The highest BCUT2D eigenvalue weighted by atomic mass is 16.2. The molecule has 1 aliphatic heterocycles.